The Morgan fingerprint density at radius 1 is 1.35 bits per heavy atom. The van der Waals surface area contributed by atoms with Gasteiger partial charge in [0, 0.05) is 0 Å². The van der Waals surface area contributed by atoms with Gasteiger partial charge in [-0.25, -0.2) is 9.69 Å². The van der Waals surface area contributed by atoms with Crippen molar-refractivity contribution in [1.82, 2.24) is 10.2 Å². The second-order valence-corrected chi connectivity index (χ2v) is 7.11. The zero-order valence-corrected chi connectivity index (χ0v) is 15.6. The van der Waals surface area contributed by atoms with Gasteiger partial charge in [0.15, 0.2) is 6.04 Å². The molecular formula is C17H25F3N3O3+. The van der Waals surface area contributed by atoms with Crippen LogP contribution in [0.3, 0.4) is 0 Å². The highest BCUT2D eigenvalue weighted by atomic mass is 19.4. The summed E-state index contributed by atoms with van der Waals surface area (Å²) in [6, 6.07) is -0.261. The van der Waals surface area contributed by atoms with Gasteiger partial charge >= 0.3 is 12.5 Å². The number of halogens is 3. The fourth-order valence-corrected chi connectivity index (χ4v) is 3.09. The van der Waals surface area contributed by atoms with Crippen LogP contribution in [0.15, 0.2) is 23.6 Å². The summed E-state index contributed by atoms with van der Waals surface area (Å²) < 4.78 is 48.7. The molecule has 0 radical (unpaired) electrons. The molecule has 1 unspecified atom stereocenters. The molecule has 0 aromatic carbocycles. The third-order valence-corrected chi connectivity index (χ3v) is 4.04. The molecule has 1 N–H and O–H groups in total. The Morgan fingerprint density at radius 2 is 2.00 bits per heavy atom. The molecule has 9 heteroatoms. The summed E-state index contributed by atoms with van der Waals surface area (Å²) in [5, 5.41) is 2.70. The number of alkyl halides is 3. The van der Waals surface area contributed by atoms with Gasteiger partial charge in [0.1, 0.15) is 23.6 Å². The zero-order valence-electron chi connectivity index (χ0n) is 15.6. The Hall–Kier alpha value is -2.19. The number of amidine groups is 1. The lowest BCUT2D eigenvalue weighted by Gasteiger charge is -2.20. The Kier molecular flexibility index (Phi) is 5.58. The third-order valence-electron chi connectivity index (χ3n) is 4.04. The first-order chi connectivity index (χ1) is 11.9. The molecular weight excluding hydrogens is 351 g/mol. The zero-order chi connectivity index (χ0) is 19.7. The average Bonchev–Trinajstić information content (AvgIpc) is 2.73. The maximum atomic E-state index is 12.5. The molecule has 1 amide bonds. The van der Waals surface area contributed by atoms with Crippen molar-refractivity contribution in [3.05, 3.63) is 23.6 Å². The van der Waals surface area contributed by atoms with E-state index in [9.17, 15) is 18.0 Å². The number of rotatable bonds is 4. The van der Waals surface area contributed by atoms with E-state index in [2.05, 4.69) is 10.1 Å². The molecule has 0 saturated carbocycles. The van der Waals surface area contributed by atoms with Crippen molar-refractivity contribution in [2.24, 2.45) is 0 Å². The molecule has 0 aromatic rings. The van der Waals surface area contributed by atoms with Gasteiger partial charge in [0.2, 0.25) is 0 Å². The van der Waals surface area contributed by atoms with Gasteiger partial charge in [0.25, 0.3) is 5.84 Å². The molecule has 0 fully saturated rings. The minimum atomic E-state index is -4.70. The minimum absolute atomic E-state index is 0.111. The Balaban J connectivity index is 2.12. The monoisotopic (exact) mass is 376 g/mol. The summed E-state index contributed by atoms with van der Waals surface area (Å²) in [7, 11) is 1.82. The quantitative estimate of drug-likeness (QED) is 0.767. The van der Waals surface area contributed by atoms with Crippen LogP contribution < -0.4 is 5.32 Å². The fraction of sp³-hybridized carbons (Fsp3) is 0.647. The van der Waals surface area contributed by atoms with E-state index < -0.39 is 18.1 Å². The molecule has 0 spiro atoms. The molecule has 0 aromatic heterocycles. The first-order valence-electron chi connectivity index (χ1n) is 8.41. The van der Waals surface area contributed by atoms with Gasteiger partial charge in [-0.2, -0.15) is 0 Å². The van der Waals surface area contributed by atoms with Gasteiger partial charge < -0.3 is 14.8 Å². The number of nitrogens with zero attached hydrogens (tertiary/aromatic N) is 2. The van der Waals surface area contributed by atoms with E-state index in [1.165, 1.54) is 6.08 Å². The molecule has 1 aliphatic carbocycles. The first kappa shape index (κ1) is 20.1. The standard InChI is InChI=1S/C17H24F3N3O3/c1-6-23-13-9-11(25-17(18,19)20)7-8-12(13)22(5)14(23)10-21-15(24)26-16(2,3)4/h7-8,13H,6,9-10H2,1-5H3/p+1. The lowest BCUT2D eigenvalue weighted by Crippen LogP contribution is -2.40. The molecule has 0 saturated heterocycles. The summed E-state index contributed by atoms with van der Waals surface area (Å²) in [4.78, 5) is 13.8. The molecule has 2 aliphatic rings. The highest BCUT2D eigenvalue weighted by molar-refractivity contribution is 5.86. The lowest BCUT2D eigenvalue weighted by atomic mass is 10.0. The molecule has 2 rings (SSSR count). The van der Waals surface area contributed by atoms with E-state index in [-0.39, 0.29) is 24.8 Å². The first-order valence-corrected chi connectivity index (χ1v) is 8.41. The predicted octanol–water partition coefficient (Wildman–Crippen LogP) is 2.96. The van der Waals surface area contributed by atoms with Crippen LogP contribution >= 0.6 is 0 Å². The molecule has 1 heterocycles. The van der Waals surface area contributed by atoms with Crippen LogP contribution in [-0.4, -0.2) is 59.5 Å². The normalized spacial score (nSPS) is 20.5. The largest absolute Gasteiger partial charge is 0.572 e. The predicted molar refractivity (Wildman–Crippen MR) is 89.5 cm³/mol. The summed E-state index contributed by atoms with van der Waals surface area (Å²) in [6.07, 6.45) is -2.17. The lowest BCUT2D eigenvalue weighted by molar-refractivity contribution is -0.549. The van der Waals surface area contributed by atoms with Crippen LogP contribution in [0.1, 0.15) is 34.1 Å². The van der Waals surface area contributed by atoms with Crippen molar-refractivity contribution >= 4 is 11.9 Å². The Labute approximate surface area is 150 Å². The van der Waals surface area contributed by atoms with Crippen LogP contribution in [0.2, 0.25) is 0 Å². The number of nitrogens with one attached hydrogen (secondary N) is 1. The second-order valence-electron chi connectivity index (χ2n) is 7.11. The van der Waals surface area contributed by atoms with Crippen molar-refractivity contribution in [1.29, 1.82) is 0 Å². The van der Waals surface area contributed by atoms with Crippen molar-refractivity contribution in [3.8, 4) is 0 Å². The van der Waals surface area contributed by atoms with Gasteiger partial charge in [-0.15, -0.1) is 13.2 Å². The van der Waals surface area contributed by atoms with Crippen LogP contribution in [0.4, 0.5) is 18.0 Å². The molecule has 146 valence electrons. The maximum absolute atomic E-state index is 12.5. The second kappa shape index (κ2) is 7.20. The van der Waals surface area contributed by atoms with Gasteiger partial charge in [-0.1, -0.05) is 0 Å². The highest BCUT2D eigenvalue weighted by Gasteiger charge is 2.44. The van der Waals surface area contributed by atoms with Crippen LogP contribution in [0.5, 0.6) is 0 Å². The fourth-order valence-electron chi connectivity index (χ4n) is 3.09. The van der Waals surface area contributed by atoms with E-state index in [1.807, 2.05) is 23.4 Å². The topological polar surface area (TPSA) is 53.8 Å². The number of alkyl carbamates (subject to hydrolysis) is 1. The number of likely N-dealkylation sites (N-methyl/N-ethyl adjacent to an activating group) is 2. The maximum Gasteiger partial charge on any atom is 0.572 e. The molecule has 26 heavy (non-hydrogen) atoms. The van der Waals surface area contributed by atoms with Crippen LogP contribution in [-0.2, 0) is 9.47 Å². The van der Waals surface area contributed by atoms with Crippen LogP contribution in [0.25, 0.3) is 0 Å². The van der Waals surface area contributed by atoms with E-state index in [0.29, 0.717) is 6.54 Å². The van der Waals surface area contributed by atoms with Crippen molar-refractivity contribution < 1.29 is 32.0 Å². The van der Waals surface area contributed by atoms with Crippen molar-refractivity contribution in [3.63, 3.8) is 0 Å². The Morgan fingerprint density at radius 3 is 2.54 bits per heavy atom. The van der Waals surface area contributed by atoms with Crippen molar-refractivity contribution in [2.45, 2.75) is 52.1 Å². The van der Waals surface area contributed by atoms with E-state index >= 15 is 0 Å². The van der Waals surface area contributed by atoms with Gasteiger partial charge in [-0.3, -0.25) is 4.58 Å². The molecule has 6 nitrogen and oxygen atoms in total. The average molecular weight is 376 g/mol. The Bertz CT molecular complexity index is 660. The van der Waals surface area contributed by atoms with Crippen LogP contribution in [0, 0.1) is 0 Å². The number of allylic oxidation sites excluding steroid dienone is 2. The number of carbonyl (C=O) groups excluding carboxylic acids is 1. The number of hydrogen-bond acceptors (Lipinski definition) is 4. The summed E-state index contributed by atoms with van der Waals surface area (Å²) in [5.74, 6) is 0.663. The number of carbonyl (C=O) groups is 1. The van der Waals surface area contributed by atoms with Gasteiger partial charge in [-0.05, 0) is 39.8 Å². The minimum Gasteiger partial charge on any atom is -0.444 e. The van der Waals surface area contributed by atoms with Gasteiger partial charge in [0.05, 0.1) is 20.0 Å². The molecule has 0 bridgehead atoms. The van der Waals surface area contributed by atoms with E-state index in [4.69, 9.17) is 4.74 Å². The number of fused-ring (bicyclic) bond motifs is 1. The summed E-state index contributed by atoms with van der Waals surface area (Å²) in [5.41, 5.74) is 0.257. The SMILES string of the molecule is CC[N+]1=C(CNC(=O)OC(C)(C)C)N(C)C2=CC=C(OC(F)(F)F)CC21. The molecule has 1 atom stereocenters. The van der Waals surface area contributed by atoms with E-state index in [1.54, 1.807) is 26.8 Å². The highest BCUT2D eigenvalue weighted by Crippen LogP contribution is 2.32. The number of amides is 1. The summed E-state index contributed by atoms with van der Waals surface area (Å²) in [6.45, 7) is 8.01. The molecule has 1 aliphatic heterocycles. The number of hydrogen-bond donors (Lipinski definition) is 1. The number of ether oxygens (including phenoxy) is 2. The third kappa shape index (κ3) is 4.92. The van der Waals surface area contributed by atoms with E-state index in [0.717, 1.165) is 11.5 Å². The summed E-state index contributed by atoms with van der Waals surface area (Å²) >= 11 is 0. The van der Waals surface area contributed by atoms with Crippen molar-refractivity contribution in [2.75, 3.05) is 20.1 Å². The smallest absolute Gasteiger partial charge is 0.444 e.